The van der Waals surface area contributed by atoms with Crippen LogP contribution in [0.15, 0.2) is 6.07 Å². The van der Waals surface area contributed by atoms with E-state index in [0.29, 0.717) is 5.92 Å². The van der Waals surface area contributed by atoms with Crippen LogP contribution in [0.25, 0.3) is 0 Å². The lowest BCUT2D eigenvalue weighted by Gasteiger charge is -2.32. The number of nitrogens with one attached hydrogen (secondary N) is 1. The van der Waals surface area contributed by atoms with Gasteiger partial charge in [-0.1, -0.05) is 20.3 Å². The number of aromatic nitrogens is 2. The van der Waals surface area contributed by atoms with Gasteiger partial charge in [-0.25, -0.2) is 9.97 Å². The van der Waals surface area contributed by atoms with Crippen molar-refractivity contribution in [3.63, 3.8) is 0 Å². The van der Waals surface area contributed by atoms with Crippen LogP contribution in [0.2, 0.25) is 0 Å². The van der Waals surface area contributed by atoms with E-state index in [9.17, 15) is 0 Å². The lowest BCUT2D eigenvalue weighted by atomic mass is 9.85. The molecule has 0 bridgehead atoms. The zero-order valence-corrected chi connectivity index (χ0v) is 12.6. The van der Waals surface area contributed by atoms with Gasteiger partial charge in [-0.15, -0.1) is 0 Å². The zero-order valence-electron chi connectivity index (χ0n) is 12.6. The summed E-state index contributed by atoms with van der Waals surface area (Å²) in [5.74, 6) is 4.12. The quantitative estimate of drug-likeness (QED) is 0.854. The highest BCUT2D eigenvalue weighted by atomic mass is 15.2. The molecule has 1 heterocycles. The second-order valence-corrected chi connectivity index (χ2v) is 5.71. The molecule has 1 saturated carbocycles. The lowest BCUT2D eigenvalue weighted by Crippen LogP contribution is -2.33. The Morgan fingerprint density at radius 3 is 2.58 bits per heavy atom. The number of anilines is 2. The first-order chi connectivity index (χ1) is 9.13. The highest BCUT2D eigenvalue weighted by molar-refractivity contribution is 5.49. The third-order valence-corrected chi connectivity index (χ3v) is 3.91. The number of hydrogen-bond donors (Lipinski definition) is 1. The van der Waals surface area contributed by atoms with Crippen LogP contribution in [0.1, 0.15) is 51.8 Å². The summed E-state index contributed by atoms with van der Waals surface area (Å²) in [6, 6.07) is 2.06. The summed E-state index contributed by atoms with van der Waals surface area (Å²) >= 11 is 0. The number of hydrogen-bond acceptors (Lipinski definition) is 4. The van der Waals surface area contributed by atoms with Crippen molar-refractivity contribution in [3.05, 3.63) is 11.9 Å². The molecule has 1 aromatic rings. The Morgan fingerprint density at radius 2 is 2.11 bits per heavy atom. The maximum Gasteiger partial charge on any atom is 0.135 e. The fraction of sp³-hybridized carbons (Fsp3) is 0.733. The fourth-order valence-corrected chi connectivity index (χ4v) is 2.37. The fourth-order valence-electron chi connectivity index (χ4n) is 2.37. The van der Waals surface area contributed by atoms with Gasteiger partial charge in [-0.05, 0) is 25.7 Å². The normalized spacial score (nSPS) is 15.4. The van der Waals surface area contributed by atoms with Crippen molar-refractivity contribution in [2.24, 2.45) is 5.92 Å². The Bertz CT molecular complexity index is 413. The van der Waals surface area contributed by atoms with Gasteiger partial charge in [0, 0.05) is 32.1 Å². The van der Waals surface area contributed by atoms with Crippen molar-refractivity contribution in [2.75, 3.05) is 30.4 Å². The Hall–Kier alpha value is -1.32. The summed E-state index contributed by atoms with van der Waals surface area (Å²) < 4.78 is 0. The lowest BCUT2D eigenvalue weighted by molar-refractivity contribution is 0.318. The number of nitrogens with zero attached hydrogens (tertiary/aromatic N) is 3. The molecule has 1 fully saturated rings. The summed E-state index contributed by atoms with van der Waals surface area (Å²) in [6.45, 7) is 8.62. The highest BCUT2D eigenvalue weighted by Gasteiger charge is 2.21. The molecule has 0 unspecified atom stereocenters. The van der Waals surface area contributed by atoms with Gasteiger partial charge in [0.1, 0.15) is 17.5 Å². The monoisotopic (exact) mass is 262 g/mol. The zero-order chi connectivity index (χ0) is 13.8. The first-order valence-corrected chi connectivity index (χ1v) is 7.45. The minimum absolute atomic E-state index is 0.356. The average molecular weight is 262 g/mol. The van der Waals surface area contributed by atoms with E-state index in [4.69, 9.17) is 4.98 Å². The van der Waals surface area contributed by atoms with Gasteiger partial charge < -0.3 is 10.2 Å². The van der Waals surface area contributed by atoms with Crippen molar-refractivity contribution >= 4 is 11.6 Å². The molecule has 4 nitrogen and oxygen atoms in total. The van der Waals surface area contributed by atoms with Crippen molar-refractivity contribution in [1.29, 1.82) is 0 Å². The van der Waals surface area contributed by atoms with E-state index in [1.807, 2.05) is 7.05 Å². The minimum Gasteiger partial charge on any atom is -0.373 e. The maximum atomic E-state index is 4.74. The summed E-state index contributed by atoms with van der Waals surface area (Å²) in [5, 5.41) is 3.15. The molecule has 1 aromatic heterocycles. The Labute approximate surface area is 116 Å². The molecular formula is C15H26N4. The molecule has 0 aliphatic heterocycles. The topological polar surface area (TPSA) is 41.0 Å². The first-order valence-electron chi connectivity index (χ1n) is 7.45. The minimum atomic E-state index is 0.356. The van der Waals surface area contributed by atoms with Crippen LogP contribution in [0.3, 0.4) is 0 Å². The standard InChI is InChI=1S/C15H26N4/c1-5-19(10-12-7-6-8-12)14-9-13(16-4)17-15(18-14)11(2)3/h9,11-12H,5-8,10H2,1-4H3,(H,16,17,18). The molecule has 0 saturated heterocycles. The summed E-state index contributed by atoms with van der Waals surface area (Å²) in [6.07, 6.45) is 4.14. The molecule has 1 aliphatic rings. The van der Waals surface area contributed by atoms with Crippen LogP contribution in [-0.4, -0.2) is 30.1 Å². The van der Waals surface area contributed by atoms with Crippen LogP contribution in [0, 0.1) is 5.92 Å². The van der Waals surface area contributed by atoms with Crippen LogP contribution in [-0.2, 0) is 0 Å². The van der Waals surface area contributed by atoms with Crippen molar-refractivity contribution in [3.8, 4) is 0 Å². The first kappa shape index (κ1) is 14.1. The van der Waals surface area contributed by atoms with Crippen LogP contribution < -0.4 is 10.2 Å². The molecule has 19 heavy (non-hydrogen) atoms. The SMILES string of the molecule is CCN(CC1CCC1)c1cc(NC)nc(C(C)C)n1. The molecule has 2 rings (SSSR count). The van der Waals surface area contributed by atoms with Gasteiger partial charge in [-0.3, -0.25) is 0 Å². The third kappa shape index (κ3) is 3.37. The Balaban J connectivity index is 2.21. The predicted octanol–water partition coefficient (Wildman–Crippen LogP) is 3.27. The maximum absolute atomic E-state index is 4.74. The Morgan fingerprint density at radius 1 is 1.37 bits per heavy atom. The van der Waals surface area contributed by atoms with E-state index in [1.54, 1.807) is 0 Å². The molecule has 0 amide bonds. The molecule has 0 radical (unpaired) electrons. The van der Waals surface area contributed by atoms with Gasteiger partial charge in [0.05, 0.1) is 0 Å². The van der Waals surface area contributed by atoms with Gasteiger partial charge in [0.2, 0.25) is 0 Å². The second kappa shape index (κ2) is 6.22. The molecular weight excluding hydrogens is 236 g/mol. The van der Waals surface area contributed by atoms with E-state index in [0.717, 1.165) is 36.5 Å². The summed E-state index contributed by atoms with van der Waals surface area (Å²) in [4.78, 5) is 11.7. The van der Waals surface area contributed by atoms with Crippen molar-refractivity contribution in [2.45, 2.75) is 46.0 Å². The van der Waals surface area contributed by atoms with E-state index in [1.165, 1.54) is 19.3 Å². The van der Waals surface area contributed by atoms with Gasteiger partial charge >= 0.3 is 0 Å². The summed E-state index contributed by atoms with van der Waals surface area (Å²) in [5.41, 5.74) is 0. The number of rotatable bonds is 6. The van der Waals surface area contributed by atoms with E-state index >= 15 is 0 Å². The van der Waals surface area contributed by atoms with Crippen molar-refractivity contribution < 1.29 is 0 Å². The average Bonchev–Trinajstić information content (AvgIpc) is 2.37. The molecule has 0 spiro atoms. The molecule has 4 heteroatoms. The molecule has 0 aromatic carbocycles. The van der Waals surface area contributed by atoms with E-state index in [-0.39, 0.29) is 0 Å². The van der Waals surface area contributed by atoms with E-state index < -0.39 is 0 Å². The van der Waals surface area contributed by atoms with Crippen molar-refractivity contribution in [1.82, 2.24) is 9.97 Å². The van der Waals surface area contributed by atoms with Gasteiger partial charge in [0.15, 0.2) is 0 Å². The third-order valence-electron chi connectivity index (χ3n) is 3.91. The molecule has 0 atom stereocenters. The smallest absolute Gasteiger partial charge is 0.135 e. The van der Waals surface area contributed by atoms with Gasteiger partial charge in [-0.2, -0.15) is 0 Å². The molecule has 106 valence electrons. The van der Waals surface area contributed by atoms with Crippen LogP contribution >= 0.6 is 0 Å². The largest absolute Gasteiger partial charge is 0.373 e. The predicted molar refractivity (Wildman–Crippen MR) is 80.9 cm³/mol. The van der Waals surface area contributed by atoms with Crippen LogP contribution in [0.4, 0.5) is 11.6 Å². The van der Waals surface area contributed by atoms with E-state index in [2.05, 4.69) is 42.0 Å². The second-order valence-electron chi connectivity index (χ2n) is 5.71. The Kier molecular flexibility index (Phi) is 4.61. The highest BCUT2D eigenvalue weighted by Crippen LogP contribution is 2.29. The molecule has 1 aliphatic carbocycles. The van der Waals surface area contributed by atoms with Gasteiger partial charge in [0.25, 0.3) is 0 Å². The van der Waals surface area contributed by atoms with Crippen LogP contribution in [0.5, 0.6) is 0 Å². The molecule has 1 N–H and O–H groups in total. The summed E-state index contributed by atoms with van der Waals surface area (Å²) in [7, 11) is 1.92.